The van der Waals surface area contributed by atoms with Crippen LogP contribution in [-0.2, 0) is 0 Å². The van der Waals surface area contributed by atoms with Crippen LogP contribution in [0.25, 0.3) is 0 Å². The molecule has 1 aliphatic rings. The molecule has 1 aliphatic carbocycles. The van der Waals surface area contributed by atoms with E-state index in [1.807, 2.05) is 30.3 Å². The lowest BCUT2D eigenvalue weighted by atomic mass is 9.91. The summed E-state index contributed by atoms with van der Waals surface area (Å²) in [5.41, 5.74) is 0.756. The molecule has 0 unspecified atom stereocenters. The lowest BCUT2D eigenvalue weighted by Crippen LogP contribution is -2.42. The minimum absolute atomic E-state index is 0.0579. The third-order valence-electron chi connectivity index (χ3n) is 3.59. The van der Waals surface area contributed by atoms with Crippen LogP contribution in [-0.4, -0.2) is 24.5 Å². The zero-order valence-corrected chi connectivity index (χ0v) is 11.0. The molecule has 1 amide bonds. The van der Waals surface area contributed by atoms with E-state index in [9.17, 15) is 4.79 Å². The van der Waals surface area contributed by atoms with Gasteiger partial charge in [-0.3, -0.25) is 4.79 Å². The van der Waals surface area contributed by atoms with Crippen LogP contribution in [0.3, 0.4) is 0 Å². The standard InChI is InChI=1S/C15H22N2O/c1-2-16-13-8-10-14(11-9-13)17-15(18)12-6-4-3-5-7-12/h3-7,13-14,16H,2,8-11H2,1H3,(H,17,18). The third kappa shape index (κ3) is 3.57. The van der Waals surface area contributed by atoms with Crippen LogP contribution in [0.1, 0.15) is 43.0 Å². The summed E-state index contributed by atoms with van der Waals surface area (Å²) in [4.78, 5) is 12.0. The molecule has 0 aliphatic heterocycles. The lowest BCUT2D eigenvalue weighted by molar-refractivity contribution is 0.0924. The van der Waals surface area contributed by atoms with Gasteiger partial charge in [-0.25, -0.2) is 0 Å². The number of hydrogen-bond donors (Lipinski definition) is 2. The maximum absolute atomic E-state index is 12.0. The minimum Gasteiger partial charge on any atom is -0.349 e. The second-order valence-corrected chi connectivity index (χ2v) is 4.95. The van der Waals surface area contributed by atoms with Gasteiger partial charge in [-0.05, 0) is 44.4 Å². The van der Waals surface area contributed by atoms with Gasteiger partial charge >= 0.3 is 0 Å². The van der Waals surface area contributed by atoms with Crippen LogP contribution in [0.4, 0.5) is 0 Å². The second-order valence-electron chi connectivity index (χ2n) is 4.95. The Kier molecular flexibility index (Phi) is 4.76. The topological polar surface area (TPSA) is 41.1 Å². The highest BCUT2D eigenvalue weighted by molar-refractivity contribution is 5.94. The van der Waals surface area contributed by atoms with Crippen LogP contribution >= 0.6 is 0 Å². The highest BCUT2D eigenvalue weighted by Crippen LogP contribution is 2.18. The third-order valence-corrected chi connectivity index (χ3v) is 3.59. The first-order valence-electron chi connectivity index (χ1n) is 6.89. The molecule has 98 valence electrons. The van der Waals surface area contributed by atoms with Gasteiger partial charge in [-0.2, -0.15) is 0 Å². The SMILES string of the molecule is CCNC1CCC(NC(=O)c2ccccc2)CC1. The summed E-state index contributed by atoms with van der Waals surface area (Å²) >= 11 is 0. The van der Waals surface area contributed by atoms with E-state index >= 15 is 0 Å². The highest BCUT2D eigenvalue weighted by atomic mass is 16.1. The molecule has 1 saturated carbocycles. The zero-order valence-electron chi connectivity index (χ0n) is 11.0. The first-order valence-corrected chi connectivity index (χ1v) is 6.89. The van der Waals surface area contributed by atoms with Crippen molar-refractivity contribution in [1.82, 2.24) is 10.6 Å². The van der Waals surface area contributed by atoms with Crippen molar-refractivity contribution in [1.29, 1.82) is 0 Å². The smallest absolute Gasteiger partial charge is 0.251 e. The van der Waals surface area contributed by atoms with Crippen LogP contribution in [0, 0.1) is 0 Å². The quantitative estimate of drug-likeness (QED) is 0.856. The Labute approximate surface area is 109 Å². The van der Waals surface area contributed by atoms with Gasteiger partial charge in [0.15, 0.2) is 0 Å². The summed E-state index contributed by atoms with van der Waals surface area (Å²) in [6, 6.07) is 10.4. The first-order chi connectivity index (χ1) is 8.79. The van der Waals surface area contributed by atoms with Crippen molar-refractivity contribution in [3.05, 3.63) is 35.9 Å². The Morgan fingerprint density at radius 2 is 1.72 bits per heavy atom. The average molecular weight is 246 g/mol. The second kappa shape index (κ2) is 6.55. The van der Waals surface area contributed by atoms with Gasteiger partial charge in [-0.15, -0.1) is 0 Å². The van der Waals surface area contributed by atoms with Crippen LogP contribution in [0.15, 0.2) is 30.3 Å². The predicted octanol–water partition coefficient (Wildman–Crippen LogP) is 2.34. The Bertz CT molecular complexity index is 369. The Hall–Kier alpha value is -1.35. The molecule has 1 fully saturated rings. The average Bonchev–Trinajstić information content (AvgIpc) is 2.42. The van der Waals surface area contributed by atoms with Crippen molar-refractivity contribution in [2.24, 2.45) is 0 Å². The van der Waals surface area contributed by atoms with Crippen molar-refractivity contribution in [3.8, 4) is 0 Å². The van der Waals surface area contributed by atoms with Crippen LogP contribution < -0.4 is 10.6 Å². The summed E-state index contributed by atoms with van der Waals surface area (Å²) in [7, 11) is 0. The van der Waals surface area contributed by atoms with Crippen LogP contribution in [0.5, 0.6) is 0 Å². The number of benzene rings is 1. The van der Waals surface area contributed by atoms with E-state index in [0.717, 1.165) is 37.8 Å². The van der Waals surface area contributed by atoms with E-state index in [2.05, 4.69) is 17.6 Å². The van der Waals surface area contributed by atoms with E-state index in [1.165, 1.54) is 0 Å². The molecule has 0 aromatic heterocycles. The summed E-state index contributed by atoms with van der Waals surface area (Å²) in [6.45, 7) is 3.18. The monoisotopic (exact) mass is 246 g/mol. The van der Waals surface area contributed by atoms with Crippen molar-refractivity contribution in [2.45, 2.75) is 44.7 Å². The molecule has 0 radical (unpaired) electrons. The molecule has 0 heterocycles. The maximum Gasteiger partial charge on any atom is 0.251 e. The molecule has 1 aromatic rings. The first kappa shape index (κ1) is 13.1. The molecule has 0 saturated heterocycles. The summed E-state index contributed by atoms with van der Waals surface area (Å²) in [5, 5.41) is 6.61. The Balaban J connectivity index is 1.80. The van der Waals surface area contributed by atoms with Crippen molar-refractivity contribution < 1.29 is 4.79 Å². The molecular weight excluding hydrogens is 224 g/mol. The van der Waals surface area contributed by atoms with E-state index in [0.29, 0.717) is 12.1 Å². The molecule has 3 heteroatoms. The molecule has 0 atom stereocenters. The van der Waals surface area contributed by atoms with Crippen molar-refractivity contribution in [3.63, 3.8) is 0 Å². The van der Waals surface area contributed by atoms with Crippen LogP contribution in [0.2, 0.25) is 0 Å². The van der Waals surface area contributed by atoms with E-state index < -0.39 is 0 Å². The van der Waals surface area contributed by atoms with Gasteiger partial charge in [-0.1, -0.05) is 25.1 Å². The maximum atomic E-state index is 12.0. The predicted molar refractivity (Wildman–Crippen MR) is 73.6 cm³/mol. The molecular formula is C15H22N2O. The summed E-state index contributed by atoms with van der Waals surface area (Å²) < 4.78 is 0. The number of hydrogen-bond acceptors (Lipinski definition) is 2. The summed E-state index contributed by atoms with van der Waals surface area (Å²) in [6.07, 6.45) is 4.48. The number of carbonyl (C=O) groups is 1. The molecule has 3 nitrogen and oxygen atoms in total. The molecule has 2 rings (SSSR count). The van der Waals surface area contributed by atoms with E-state index in [1.54, 1.807) is 0 Å². The molecule has 0 spiro atoms. The molecule has 0 bridgehead atoms. The normalized spacial score (nSPS) is 23.6. The lowest BCUT2D eigenvalue weighted by Gasteiger charge is -2.29. The summed E-state index contributed by atoms with van der Waals surface area (Å²) in [5.74, 6) is 0.0579. The highest BCUT2D eigenvalue weighted by Gasteiger charge is 2.21. The Morgan fingerprint density at radius 1 is 1.11 bits per heavy atom. The number of nitrogens with one attached hydrogen (secondary N) is 2. The molecule has 1 aromatic carbocycles. The fourth-order valence-corrected chi connectivity index (χ4v) is 2.59. The molecule has 18 heavy (non-hydrogen) atoms. The number of carbonyl (C=O) groups excluding carboxylic acids is 1. The fraction of sp³-hybridized carbons (Fsp3) is 0.533. The fourth-order valence-electron chi connectivity index (χ4n) is 2.59. The number of amides is 1. The Morgan fingerprint density at radius 3 is 2.33 bits per heavy atom. The van der Waals surface area contributed by atoms with E-state index in [-0.39, 0.29) is 5.91 Å². The van der Waals surface area contributed by atoms with Gasteiger partial charge in [0.2, 0.25) is 0 Å². The minimum atomic E-state index is 0.0579. The van der Waals surface area contributed by atoms with E-state index in [4.69, 9.17) is 0 Å². The largest absolute Gasteiger partial charge is 0.349 e. The molecule has 2 N–H and O–H groups in total. The van der Waals surface area contributed by atoms with Gasteiger partial charge in [0.25, 0.3) is 5.91 Å². The van der Waals surface area contributed by atoms with Gasteiger partial charge in [0.05, 0.1) is 0 Å². The van der Waals surface area contributed by atoms with Gasteiger partial charge in [0, 0.05) is 17.6 Å². The van der Waals surface area contributed by atoms with Gasteiger partial charge in [0.1, 0.15) is 0 Å². The van der Waals surface area contributed by atoms with Gasteiger partial charge < -0.3 is 10.6 Å². The number of rotatable bonds is 4. The zero-order chi connectivity index (χ0) is 12.8. The van der Waals surface area contributed by atoms with Crippen molar-refractivity contribution >= 4 is 5.91 Å². The van der Waals surface area contributed by atoms with Crippen molar-refractivity contribution in [2.75, 3.05) is 6.54 Å².